The fraction of sp³-hybridized carbons (Fsp3) is 0.375. The molecular weight excluding hydrogens is 492 g/mol. The number of esters is 1. The molecule has 2 rings (SSSR count). The van der Waals surface area contributed by atoms with E-state index in [-0.39, 0.29) is 13.2 Å². The first-order valence-corrected chi connectivity index (χ1v) is 11.6. The number of hydrogen-bond donors (Lipinski definition) is 2. The number of hydrazine groups is 1. The van der Waals surface area contributed by atoms with E-state index in [0.717, 1.165) is 12.8 Å². The second-order valence-corrected chi connectivity index (χ2v) is 7.94. The van der Waals surface area contributed by atoms with Gasteiger partial charge in [0.15, 0.2) is 6.61 Å². The average Bonchev–Trinajstić information content (AvgIpc) is 2.82. The molecule has 0 saturated carbocycles. The van der Waals surface area contributed by atoms with Crippen LogP contribution in [0.2, 0.25) is 0 Å². The van der Waals surface area contributed by atoms with Gasteiger partial charge in [-0.3, -0.25) is 20.4 Å². The molecule has 0 unspecified atom stereocenters. The second kappa shape index (κ2) is 14.2. The van der Waals surface area contributed by atoms with Crippen molar-refractivity contribution in [3.05, 3.63) is 58.1 Å². The summed E-state index contributed by atoms with van der Waals surface area (Å²) in [6.07, 6.45) is 4.45. The summed E-state index contributed by atoms with van der Waals surface area (Å²) in [6, 6.07) is 11.2. The van der Waals surface area contributed by atoms with Gasteiger partial charge in [0.1, 0.15) is 11.5 Å². The lowest BCUT2D eigenvalue weighted by Crippen LogP contribution is -2.43. The molecule has 8 nitrogen and oxygen atoms in total. The molecule has 9 heteroatoms. The van der Waals surface area contributed by atoms with Crippen molar-refractivity contribution < 1.29 is 28.6 Å². The third-order valence-corrected chi connectivity index (χ3v) is 5.12. The maximum Gasteiger partial charge on any atom is 0.338 e. The summed E-state index contributed by atoms with van der Waals surface area (Å²) in [4.78, 5) is 35.9. The van der Waals surface area contributed by atoms with Crippen molar-refractivity contribution in [3.63, 3.8) is 0 Å². The largest absolute Gasteiger partial charge is 0.492 e. The lowest BCUT2D eigenvalue weighted by molar-refractivity contribution is -0.123. The molecule has 0 heterocycles. The molecule has 2 aromatic rings. The van der Waals surface area contributed by atoms with E-state index in [1.54, 1.807) is 49.4 Å². The molecule has 0 aliphatic rings. The Morgan fingerprint density at radius 2 is 1.61 bits per heavy atom. The first kappa shape index (κ1) is 26.2. The number of rotatable bonds is 12. The van der Waals surface area contributed by atoms with E-state index in [4.69, 9.17) is 14.2 Å². The van der Waals surface area contributed by atoms with E-state index in [0.29, 0.717) is 33.7 Å². The average molecular weight is 521 g/mol. The smallest absolute Gasteiger partial charge is 0.338 e. The van der Waals surface area contributed by atoms with Crippen LogP contribution >= 0.6 is 15.9 Å². The number of nitrogens with one attached hydrogen (secondary N) is 2. The SMILES string of the molecule is CCCCCCOc1ccc(C(=O)NNC(=O)COc2ccc(C(=O)OCC)cc2)cc1Br. The highest BCUT2D eigenvalue weighted by Crippen LogP contribution is 2.26. The van der Waals surface area contributed by atoms with Crippen LogP contribution in [0.4, 0.5) is 0 Å². The zero-order valence-electron chi connectivity index (χ0n) is 18.8. The zero-order chi connectivity index (χ0) is 24.1. The summed E-state index contributed by atoms with van der Waals surface area (Å²) >= 11 is 3.41. The predicted octanol–water partition coefficient (Wildman–Crippen LogP) is 4.42. The first-order chi connectivity index (χ1) is 15.9. The Bertz CT molecular complexity index is 933. The Labute approximate surface area is 202 Å². The zero-order valence-corrected chi connectivity index (χ0v) is 20.4. The van der Waals surface area contributed by atoms with E-state index in [9.17, 15) is 14.4 Å². The number of carbonyl (C=O) groups is 3. The van der Waals surface area contributed by atoms with E-state index in [2.05, 4.69) is 33.7 Å². The quantitative estimate of drug-likeness (QED) is 0.244. The van der Waals surface area contributed by atoms with E-state index >= 15 is 0 Å². The Balaban J connectivity index is 1.75. The van der Waals surface area contributed by atoms with Crippen LogP contribution in [0.5, 0.6) is 11.5 Å². The van der Waals surface area contributed by atoms with Crippen LogP contribution in [-0.2, 0) is 9.53 Å². The molecule has 0 saturated heterocycles. The molecule has 0 spiro atoms. The summed E-state index contributed by atoms with van der Waals surface area (Å²) < 4.78 is 16.7. The van der Waals surface area contributed by atoms with Gasteiger partial charge in [0.25, 0.3) is 11.8 Å². The van der Waals surface area contributed by atoms with Gasteiger partial charge < -0.3 is 14.2 Å². The highest BCUT2D eigenvalue weighted by molar-refractivity contribution is 9.10. The van der Waals surface area contributed by atoms with Gasteiger partial charge >= 0.3 is 5.97 Å². The lowest BCUT2D eigenvalue weighted by Gasteiger charge is -2.11. The van der Waals surface area contributed by atoms with Crippen molar-refractivity contribution in [3.8, 4) is 11.5 Å². The van der Waals surface area contributed by atoms with E-state index in [1.165, 1.54) is 12.8 Å². The molecule has 0 atom stereocenters. The van der Waals surface area contributed by atoms with Gasteiger partial charge in [0.2, 0.25) is 0 Å². The fourth-order valence-corrected chi connectivity index (χ4v) is 3.25. The van der Waals surface area contributed by atoms with Crippen LogP contribution in [0.15, 0.2) is 46.9 Å². The molecule has 2 aromatic carbocycles. The Morgan fingerprint density at radius 3 is 2.27 bits per heavy atom. The molecular formula is C24H29BrN2O6. The van der Waals surface area contributed by atoms with Crippen molar-refractivity contribution in [1.82, 2.24) is 10.9 Å². The molecule has 0 radical (unpaired) electrons. The highest BCUT2D eigenvalue weighted by Gasteiger charge is 2.11. The first-order valence-electron chi connectivity index (χ1n) is 10.9. The van der Waals surface area contributed by atoms with Crippen LogP contribution in [0.3, 0.4) is 0 Å². The van der Waals surface area contributed by atoms with Crippen LogP contribution in [0.25, 0.3) is 0 Å². The second-order valence-electron chi connectivity index (χ2n) is 7.09. The van der Waals surface area contributed by atoms with E-state index in [1.807, 2.05) is 0 Å². The summed E-state index contributed by atoms with van der Waals surface area (Å²) in [5.74, 6) is -0.378. The van der Waals surface area contributed by atoms with Crippen molar-refractivity contribution >= 4 is 33.7 Å². The minimum Gasteiger partial charge on any atom is -0.492 e. The molecule has 0 aliphatic heterocycles. The van der Waals surface area contributed by atoms with Crippen molar-refractivity contribution in [1.29, 1.82) is 0 Å². The molecule has 2 N–H and O–H groups in total. The van der Waals surface area contributed by atoms with Crippen LogP contribution in [-0.4, -0.2) is 37.6 Å². The monoisotopic (exact) mass is 520 g/mol. The minimum absolute atomic E-state index is 0.289. The number of ether oxygens (including phenoxy) is 3. The summed E-state index contributed by atoms with van der Waals surface area (Å²) in [6.45, 7) is 4.48. The number of unbranched alkanes of at least 4 members (excludes halogenated alkanes) is 3. The Hall–Kier alpha value is -3.07. The lowest BCUT2D eigenvalue weighted by atomic mass is 10.2. The van der Waals surface area contributed by atoms with Gasteiger partial charge in [0, 0.05) is 5.56 Å². The summed E-state index contributed by atoms with van der Waals surface area (Å²) in [5, 5.41) is 0. The number of amides is 2. The minimum atomic E-state index is -0.538. The maximum absolute atomic E-state index is 12.3. The van der Waals surface area contributed by atoms with Crippen molar-refractivity contribution in [2.75, 3.05) is 19.8 Å². The standard InChI is InChI=1S/C24H29BrN2O6/c1-3-5-6-7-14-32-21-13-10-18(15-20(21)25)23(29)27-26-22(28)16-33-19-11-8-17(9-12-19)24(30)31-4-2/h8-13,15H,3-7,14,16H2,1-2H3,(H,26,28)(H,27,29). The Kier molecular flexibility index (Phi) is 11.2. The van der Waals surface area contributed by atoms with E-state index < -0.39 is 17.8 Å². The Morgan fingerprint density at radius 1 is 0.879 bits per heavy atom. The third-order valence-electron chi connectivity index (χ3n) is 4.50. The maximum atomic E-state index is 12.3. The summed E-state index contributed by atoms with van der Waals surface area (Å²) in [7, 11) is 0. The predicted molar refractivity (Wildman–Crippen MR) is 127 cm³/mol. The van der Waals surface area contributed by atoms with Crippen LogP contribution in [0.1, 0.15) is 60.2 Å². The third kappa shape index (κ3) is 9.13. The van der Waals surface area contributed by atoms with Gasteiger partial charge in [-0.05, 0) is 71.7 Å². The fourth-order valence-electron chi connectivity index (χ4n) is 2.76. The highest BCUT2D eigenvalue weighted by atomic mass is 79.9. The van der Waals surface area contributed by atoms with Gasteiger partial charge in [-0.25, -0.2) is 4.79 Å². The number of halogens is 1. The van der Waals surface area contributed by atoms with Crippen molar-refractivity contribution in [2.24, 2.45) is 0 Å². The van der Waals surface area contributed by atoms with Crippen LogP contribution < -0.4 is 20.3 Å². The van der Waals surface area contributed by atoms with Gasteiger partial charge in [-0.15, -0.1) is 0 Å². The van der Waals surface area contributed by atoms with Crippen LogP contribution in [0, 0.1) is 0 Å². The number of benzene rings is 2. The summed E-state index contributed by atoms with van der Waals surface area (Å²) in [5.41, 5.74) is 5.39. The normalized spacial score (nSPS) is 10.3. The molecule has 0 aromatic heterocycles. The molecule has 0 fully saturated rings. The van der Waals surface area contributed by atoms with Gasteiger partial charge in [-0.2, -0.15) is 0 Å². The molecule has 33 heavy (non-hydrogen) atoms. The molecule has 0 aliphatic carbocycles. The van der Waals surface area contributed by atoms with Gasteiger partial charge in [-0.1, -0.05) is 26.2 Å². The van der Waals surface area contributed by atoms with Gasteiger partial charge in [0.05, 0.1) is 23.2 Å². The number of hydrogen-bond acceptors (Lipinski definition) is 6. The van der Waals surface area contributed by atoms with Crippen molar-refractivity contribution in [2.45, 2.75) is 39.5 Å². The molecule has 178 valence electrons. The topological polar surface area (TPSA) is 103 Å². The molecule has 2 amide bonds. The molecule has 0 bridgehead atoms. The number of carbonyl (C=O) groups excluding carboxylic acids is 3.